The minimum atomic E-state index is -3.93. The van der Waals surface area contributed by atoms with Crippen molar-refractivity contribution in [3.63, 3.8) is 0 Å². The zero-order valence-electron chi connectivity index (χ0n) is 17.7. The molecule has 0 bridgehead atoms. The Morgan fingerprint density at radius 2 is 1.52 bits per heavy atom. The van der Waals surface area contributed by atoms with Crippen molar-refractivity contribution in [3.05, 3.63) is 94.0 Å². The normalized spacial score (nSPS) is 11.2. The molecule has 0 aliphatic rings. The van der Waals surface area contributed by atoms with Crippen molar-refractivity contribution in [3.8, 4) is 0 Å². The predicted molar refractivity (Wildman–Crippen MR) is 125 cm³/mol. The number of anilines is 1. The Bertz CT molecular complexity index is 1170. The molecule has 3 aromatic carbocycles. The quantitative estimate of drug-likeness (QED) is 0.556. The lowest BCUT2D eigenvalue weighted by molar-refractivity contribution is -0.119. The second kappa shape index (κ2) is 9.54. The Hall–Kier alpha value is -2.83. The molecule has 0 heterocycles. The van der Waals surface area contributed by atoms with Crippen LogP contribution in [0.5, 0.6) is 0 Å². The first-order valence-corrected chi connectivity index (χ1v) is 11.7. The minimum absolute atomic E-state index is 0.142. The number of halogens is 1. The lowest BCUT2D eigenvalue weighted by atomic mass is 10.1. The molecule has 0 fully saturated rings. The molecule has 0 aliphatic heterocycles. The van der Waals surface area contributed by atoms with Gasteiger partial charge in [0.15, 0.2) is 0 Å². The van der Waals surface area contributed by atoms with Crippen LogP contribution in [0.15, 0.2) is 71.6 Å². The number of benzene rings is 3. The molecule has 0 aliphatic carbocycles. The summed E-state index contributed by atoms with van der Waals surface area (Å²) >= 11 is 5.89. The number of carbonyl (C=O) groups excluding carboxylic acids is 1. The maximum atomic E-state index is 13.5. The smallest absolute Gasteiger partial charge is 0.264 e. The molecule has 0 spiro atoms. The Morgan fingerprint density at radius 1 is 0.903 bits per heavy atom. The third-order valence-electron chi connectivity index (χ3n) is 4.92. The van der Waals surface area contributed by atoms with E-state index in [0.717, 1.165) is 22.3 Å². The summed E-state index contributed by atoms with van der Waals surface area (Å²) in [5.41, 5.74) is 4.10. The standard InChI is InChI=1S/C24H25ClN2O3S/c1-17-4-11-22(12-5-17)31(29,30)27(23-13-6-18(2)14-19(23)3)16-24(28)26-15-20-7-9-21(25)10-8-20/h4-14H,15-16H2,1-3H3,(H,26,28). The van der Waals surface area contributed by atoms with E-state index in [-0.39, 0.29) is 18.0 Å². The van der Waals surface area contributed by atoms with E-state index in [4.69, 9.17) is 11.6 Å². The van der Waals surface area contributed by atoms with Crippen LogP contribution in [0, 0.1) is 20.8 Å². The second-order valence-corrected chi connectivity index (χ2v) is 9.82. The van der Waals surface area contributed by atoms with Crippen molar-refractivity contribution in [2.45, 2.75) is 32.2 Å². The molecule has 31 heavy (non-hydrogen) atoms. The molecule has 0 aromatic heterocycles. The topological polar surface area (TPSA) is 66.5 Å². The van der Waals surface area contributed by atoms with Gasteiger partial charge in [-0.1, -0.05) is 59.1 Å². The van der Waals surface area contributed by atoms with E-state index in [0.29, 0.717) is 10.7 Å². The summed E-state index contributed by atoms with van der Waals surface area (Å²) in [7, 11) is -3.93. The molecule has 0 radical (unpaired) electrons. The third-order valence-corrected chi connectivity index (χ3v) is 6.95. The molecule has 0 saturated heterocycles. The van der Waals surface area contributed by atoms with Gasteiger partial charge in [0.2, 0.25) is 5.91 Å². The SMILES string of the molecule is Cc1ccc(S(=O)(=O)N(CC(=O)NCc2ccc(Cl)cc2)c2ccc(C)cc2C)cc1. The van der Waals surface area contributed by atoms with Gasteiger partial charge in [0.05, 0.1) is 10.6 Å². The van der Waals surface area contributed by atoms with E-state index in [2.05, 4.69) is 5.32 Å². The molecule has 3 rings (SSSR count). The summed E-state index contributed by atoms with van der Waals surface area (Å²) in [6, 6.07) is 19.2. The van der Waals surface area contributed by atoms with Crippen LogP contribution in [0.25, 0.3) is 0 Å². The molecule has 0 atom stereocenters. The first-order chi connectivity index (χ1) is 14.7. The maximum Gasteiger partial charge on any atom is 0.264 e. The average Bonchev–Trinajstić information content (AvgIpc) is 2.72. The van der Waals surface area contributed by atoms with Crippen molar-refractivity contribution >= 4 is 33.2 Å². The molecule has 1 N–H and O–H groups in total. The van der Waals surface area contributed by atoms with E-state index >= 15 is 0 Å². The van der Waals surface area contributed by atoms with E-state index in [9.17, 15) is 13.2 Å². The van der Waals surface area contributed by atoms with Gasteiger partial charge in [-0.15, -0.1) is 0 Å². The van der Waals surface area contributed by atoms with Crippen LogP contribution in [-0.2, 0) is 21.4 Å². The van der Waals surface area contributed by atoms with Gasteiger partial charge in [-0.2, -0.15) is 0 Å². The van der Waals surface area contributed by atoms with Crippen LogP contribution < -0.4 is 9.62 Å². The van der Waals surface area contributed by atoms with Crippen LogP contribution in [0.3, 0.4) is 0 Å². The highest BCUT2D eigenvalue weighted by Crippen LogP contribution is 2.27. The van der Waals surface area contributed by atoms with E-state index in [1.807, 2.05) is 45.0 Å². The van der Waals surface area contributed by atoms with E-state index in [1.165, 1.54) is 4.31 Å². The van der Waals surface area contributed by atoms with Crippen molar-refractivity contribution in [2.24, 2.45) is 0 Å². The fourth-order valence-corrected chi connectivity index (χ4v) is 4.82. The van der Waals surface area contributed by atoms with Crippen molar-refractivity contribution < 1.29 is 13.2 Å². The highest BCUT2D eigenvalue weighted by Gasteiger charge is 2.28. The maximum absolute atomic E-state index is 13.5. The zero-order valence-corrected chi connectivity index (χ0v) is 19.3. The van der Waals surface area contributed by atoms with Crippen molar-refractivity contribution in [1.82, 2.24) is 5.32 Å². The molecule has 0 saturated carbocycles. The Labute approximate surface area is 188 Å². The highest BCUT2D eigenvalue weighted by molar-refractivity contribution is 7.92. The van der Waals surface area contributed by atoms with Crippen LogP contribution >= 0.6 is 11.6 Å². The number of nitrogens with zero attached hydrogens (tertiary/aromatic N) is 1. The average molecular weight is 457 g/mol. The summed E-state index contributed by atoms with van der Waals surface area (Å²) in [4.78, 5) is 12.9. The fraction of sp³-hybridized carbons (Fsp3) is 0.208. The summed E-state index contributed by atoms with van der Waals surface area (Å²) in [6.07, 6.45) is 0. The van der Waals surface area contributed by atoms with Gasteiger partial charge < -0.3 is 5.32 Å². The number of aryl methyl sites for hydroxylation is 3. The van der Waals surface area contributed by atoms with Gasteiger partial charge in [0.25, 0.3) is 10.0 Å². The lowest BCUT2D eigenvalue weighted by Crippen LogP contribution is -2.41. The molecule has 5 nitrogen and oxygen atoms in total. The lowest BCUT2D eigenvalue weighted by Gasteiger charge is -2.26. The van der Waals surface area contributed by atoms with Crippen molar-refractivity contribution in [1.29, 1.82) is 0 Å². The minimum Gasteiger partial charge on any atom is -0.350 e. The highest BCUT2D eigenvalue weighted by atomic mass is 35.5. The number of amides is 1. The van der Waals surface area contributed by atoms with Gasteiger partial charge in [0, 0.05) is 11.6 Å². The van der Waals surface area contributed by atoms with Crippen LogP contribution in [-0.4, -0.2) is 20.9 Å². The second-order valence-electron chi connectivity index (χ2n) is 7.52. The Balaban J connectivity index is 1.89. The summed E-state index contributed by atoms with van der Waals surface area (Å²) < 4.78 is 28.1. The van der Waals surface area contributed by atoms with E-state index < -0.39 is 15.9 Å². The predicted octanol–water partition coefficient (Wildman–Crippen LogP) is 4.78. The Kier molecular flexibility index (Phi) is 7.03. The zero-order chi connectivity index (χ0) is 22.6. The number of hydrogen-bond acceptors (Lipinski definition) is 3. The van der Waals surface area contributed by atoms with Gasteiger partial charge in [-0.3, -0.25) is 9.10 Å². The van der Waals surface area contributed by atoms with Crippen molar-refractivity contribution in [2.75, 3.05) is 10.8 Å². The number of rotatable bonds is 7. The number of nitrogens with one attached hydrogen (secondary N) is 1. The van der Waals surface area contributed by atoms with Crippen LogP contribution in [0.1, 0.15) is 22.3 Å². The summed E-state index contributed by atoms with van der Waals surface area (Å²) in [6.45, 7) is 5.62. The van der Waals surface area contributed by atoms with Crippen LogP contribution in [0.4, 0.5) is 5.69 Å². The van der Waals surface area contributed by atoms with Gasteiger partial charge >= 0.3 is 0 Å². The van der Waals surface area contributed by atoms with Gasteiger partial charge in [-0.05, 0) is 62.2 Å². The fourth-order valence-electron chi connectivity index (χ4n) is 3.21. The Morgan fingerprint density at radius 3 is 2.13 bits per heavy atom. The molecule has 1 amide bonds. The number of carbonyl (C=O) groups is 1. The summed E-state index contributed by atoms with van der Waals surface area (Å²) in [5, 5.41) is 3.41. The molecular formula is C24H25ClN2O3S. The molecule has 7 heteroatoms. The number of hydrogen-bond donors (Lipinski definition) is 1. The molecular weight excluding hydrogens is 432 g/mol. The van der Waals surface area contributed by atoms with Gasteiger partial charge in [0.1, 0.15) is 6.54 Å². The number of sulfonamides is 1. The largest absolute Gasteiger partial charge is 0.350 e. The van der Waals surface area contributed by atoms with Gasteiger partial charge in [-0.25, -0.2) is 8.42 Å². The summed E-state index contributed by atoms with van der Waals surface area (Å²) in [5.74, 6) is -0.398. The van der Waals surface area contributed by atoms with Crippen LogP contribution in [0.2, 0.25) is 5.02 Å². The molecule has 162 valence electrons. The first kappa shape index (κ1) is 22.8. The third kappa shape index (κ3) is 5.66. The molecule has 0 unspecified atom stereocenters. The monoisotopic (exact) mass is 456 g/mol. The first-order valence-electron chi connectivity index (χ1n) is 9.84. The van der Waals surface area contributed by atoms with E-state index in [1.54, 1.807) is 42.5 Å². The molecule has 3 aromatic rings.